The summed E-state index contributed by atoms with van der Waals surface area (Å²) in [5.74, 6) is 0. The fourth-order valence-electron chi connectivity index (χ4n) is 1.07. The van der Waals surface area contributed by atoms with Gasteiger partial charge in [0, 0.05) is 15.8 Å². The molecule has 0 saturated heterocycles. The number of halogens is 2. The topological polar surface area (TPSA) is 46.2 Å². The Kier molecular flexibility index (Phi) is 5.56. The van der Waals surface area contributed by atoms with Gasteiger partial charge in [0.25, 0.3) is 0 Å². The van der Waals surface area contributed by atoms with E-state index in [4.69, 9.17) is 11.6 Å². The van der Waals surface area contributed by atoms with Crippen LogP contribution in [-0.2, 0) is 10.0 Å². The molecule has 7 heteroatoms. The monoisotopic (exact) mass is 371 g/mol. The second-order valence-electron chi connectivity index (χ2n) is 4.36. The summed E-state index contributed by atoms with van der Waals surface area (Å²) in [6.45, 7) is 4.34. The Balaban J connectivity index is 2.90. The number of hydrogen-bond acceptors (Lipinski definition) is 3. The van der Waals surface area contributed by atoms with E-state index in [0.29, 0.717) is 16.0 Å². The Morgan fingerprint density at radius 1 is 1.44 bits per heavy atom. The molecule has 0 bridgehead atoms. The Morgan fingerprint density at radius 3 is 2.56 bits per heavy atom. The maximum Gasteiger partial charge on any atom is 0.240 e. The van der Waals surface area contributed by atoms with Crippen molar-refractivity contribution in [3.8, 4) is 0 Å². The van der Waals surface area contributed by atoms with Gasteiger partial charge < -0.3 is 0 Å². The van der Waals surface area contributed by atoms with E-state index in [0.717, 1.165) is 0 Å². The quantitative estimate of drug-likeness (QED) is 0.860. The highest BCUT2D eigenvalue weighted by atomic mass is 79.9. The van der Waals surface area contributed by atoms with Crippen LogP contribution in [0.25, 0.3) is 0 Å². The zero-order chi connectivity index (χ0) is 14.0. The lowest BCUT2D eigenvalue weighted by Crippen LogP contribution is -2.36. The minimum Gasteiger partial charge on any atom is -0.210 e. The van der Waals surface area contributed by atoms with Crippen molar-refractivity contribution in [1.82, 2.24) is 4.72 Å². The van der Waals surface area contributed by atoms with Gasteiger partial charge in [0.2, 0.25) is 10.0 Å². The minimum atomic E-state index is -3.49. The molecular formula is C11H15BrClNO2S2. The van der Waals surface area contributed by atoms with E-state index in [9.17, 15) is 8.42 Å². The SMILES string of the molecule is CSC(C)(C)CNS(=O)(=O)c1ccc(Cl)c(Br)c1. The molecule has 0 aliphatic heterocycles. The minimum absolute atomic E-state index is 0.142. The molecule has 1 aromatic carbocycles. The molecule has 0 amide bonds. The van der Waals surface area contributed by atoms with Gasteiger partial charge in [0.1, 0.15) is 0 Å². The second kappa shape index (κ2) is 6.13. The molecule has 1 rings (SSSR count). The van der Waals surface area contributed by atoms with Crippen molar-refractivity contribution in [2.24, 2.45) is 0 Å². The van der Waals surface area contributed by atoms with Crippen LogP contribution >= 0.6 is 39.3 Å². The van der Waals surface area contributed by atoms with Gasteiger partial charge in [0.15, 0.2) is 0 Å². The lowest BCUT2D eigenvalue weighted by atomic mass is 10.2. The van der Waals surface area contributed by atoms with E-state index in [2.05, 4.69) is 20.7 Å². The van der Waals surface area contributed by atoms with Gasteiger partial charge in [-0.05, 0) is 54.2 Å². The normalized spacial score (nSPS) is 12.7. The molecule has 0 unspecified atom stereocenters. The van der Waals surface area contributed by atoms with Crippen molar-refractivity contribution < 1.29 is 8.42 Å². The summed E-state index contributed by atoms with van der Waals surface area (Å²) in [4.78, 5) is 0.204. The number of benzene rings is 1. The van der Waals surface area contributed by atoms with E-state index in [1.165, 1.54) is 12.1 Å². The van der Waals surface area contributed by atoms with Crippen LogP contribution in [-0.4, -0.2) is 26.0 Å². The zero-order valence-electron chi connectivity index (χ0n) is 10.3. The van der Waals surface area contributed by atoms with Crippen LogP contribution < -0.4 is 4.72 Å². The summed E-state index contributed by atoms with van der Waals surface area (Å²) in [7, 11) is -3.49. The predicted octanol–water partition coefficient (Wildman–Crippen LogP) is 3.52. The smallest absolute Gasteiger partial charge is 0.210 e. The summed E-state index contributed by atoms with van der Waals surface area (Å²) in [6.07, 6.45) is 1.95. The van der Waals surface area contributed by atoms with Crippen LogP contribution in [0.1, 0.15) is 13.8 Å². The highest BCUT2D eigenvalue weighted by Crippen LogP contribution is 2.26. The molecule has 1 aromatic rings. The van der Waals surface area contributed by atoms with Crippen molar-refractivity contribution in [1.29, 1.82) is 0 Å². The Bertz CT molecular complexity index is 532. The molecule has 0 saturated carbocycles. The molecule has 102 valence electrons. The molecule has 0 atom stereocenters. The van der Waals surface area contributed by atoms with Crippen molar-refractivity contribution in [2.45, 2.75) is 23.5 Å². The maximum atomic E-state index is 12.1. The number of hydrogen-bond donors (Lipinski definition) is 1. The van der Waals surface area contributed by atoms with Crippen LogP contribution in [0.15, 0.2) is 27.6 Å². The van der Waals surface area contributed by atoms with E-state index in [-0.39, 0.29) is 9.64 Å². The first-order chi connectivity index (χ1) is 8.18. The Hall–Kier alpha value is 0.250. The average molecular weight is 373 g/mol. The first-order valence-corrected chi connectivity index (χ1v) is 9.06. The maximum absolute atomic E-state index is 12.1. The van der Waals surface area contributed by atoms with E-state index in [1.54, 1.807) is 17.8 Å². The Morgan fingerprint density at radius 2 is 2.06 bits per heavy atom. The molecule has 1 N–H and O–H groups in total. The number of rotatable bonds is 5. The Labute approximate surface area is 126 Å². The van der Waals surface area contributed by atoms with E-state index in [1.807, 2.05) is 20.1 Å². The number of sulfonamides is 1. The molecule has 0 fully saturated rings. The standard InChI is InChI=1S/C11H15BrClNO2S2/c1-11(2,17-3)7-14-18(15,16)8-4-5-10(13)9(12)6-8/h4-6,14H,7H2,1-3H3. The van der Waals surface area contributed by atoms with E-state index < -0.39 is 10.0 Å². The molecule has 0 radical (unpaired) electrons. The fourth-order valence-corrected chi connectivity index (χ4v) is 3.26. The molecule has 0 spiro atoms. The summed E-state index contributed by atoms with van der Waals surface area (Å²) >= 11 is 10.7. The number of nitrogens with one attached hydrogen (secondary N) is 1. The highest BCUT2D eigenvalue weighted by molar-refractivity contribution is 9.10. The van der Waals surface area contributed by atoms with Gasteiger partial charge in [0.05, 0.1) is 9.92 Å². The molecule has 0 aliphatic rings. The molecule has 0 heterocycles. The van der Waals surface area contributed by atoms with Gasteiger partial charge in [-0.1, -0.05) is 11.6 Å². The summed E-state index contributed by atoms with van der Waals surface area (Å²) in [5.41, 5.74) is 0. The first kappa shape index (κ1) is 16.3. The predicted molar refractivity (Wildman–Crippen MR) is 81.9 cm³/mol. The fraction of sp³-hybridized carbons (Fsp3) is 0.455. The molecule has 0 aromatic heterocycles. The number of thioether (sulfide) groups is 1. The summed E-state index contributed by atoms with van der Waals surface area (Å²) in [5, 5.41) is 0.485. The van der Waals surface area contributed by atoms with Crippen LogP contribution in [0.2, 0.25) is 5.02 Å². The van der Waals surface area contributed by atoms with Crippen molar-refractivity contribution in [2.75, 3.05) is 12.8 Å². The van der Waals surface area contributed by atoms with Crippen molar-refractivity contribution in [3.05, 3.63) is 27.7 Å². The summed E-state index contributed by atoms with van der Waals surface area (Å²) < 4.78 is 27.2. The second-order valence-corrected chi connectivity index (χ2v) is 8.91. The average Bonchev–Trinajstić information content (AvgIpc) is 2.30. The van der Waals surface area contributed by atoms with E-state index >= 15 is 0 Å². The molecular weight excluding hydrogens is 358 g/mol. The van der Waals surface area contributed by atoms with Crippen LogP contribution in [0.5, 0.6) is 0 Å². The summed E-state index contributed by atoms with van der Waals surface area (Å²) in [6, 6.07) is 4.54. The van der Waals surface area contributed by atoms with Gasteiger partial charge in [-0.2, -0.15) is 11.8 Å². The van der Waals surface area contributed by atoms with Gasteiger partial charge >= 0.3 is 0 Å². The van der Waals surface area contributed by atoms with Gasteiger partial charge in [-0.25, -0.2) is 13.1 Å². The molecule has 18 heavy (non-hydrogen) atoms. The first-order valence-electron chi connectivity index (χ1n) is 5.18. The van der Waals surface area contributed by atoms with Crippen LogP contribution in [0, 0.1) is 0 Å². The van der Waals surface area contributed by atoms with Crippen molar-refractivity contribution in [3.63, 3.8) is 0 Å². The van der Waals surface area contributed by atoms with Crippen LogP contribution in [0.4, 0.5) is 0 Å². The third-order valence-corrected chi connectivity index (χ3v) is 6.30. The zero-order valence-corrected chi connectivity index (χ0v) is 14.3. The highest BCUT2D eigenvalue weighted by Gasteiger charge is 2.21. The van der Waals surface area contributed by atoms with Gasteiger partial charge in [-0.15, -0.1) is 0 Å². The van der Waals surface area contributed by atoms with Crippen LogP contribution in [0.3, 0.4) is 0 Å². The lowest BCUT2D eigenvalue weighted by molar-refractivity contribution is 0.570. The van der Waals surface area contributed by atoms with Gasteiger partial charge in [-0.3, -0.25) is 0 Å². The third-order valence-electron chi connectivity index (χ3n) is 2.44. The molecule has 0 aliphatic carbocycles. The molecule has 3 nitrogen and oxygen atoms in total. The third kappa shape index (κ3) is 4.42. The largest absolute Gasteiger partial charge is 0.240 e. The van der Waals surface area contributed by atoms with Crippen molar-refractivity contribution >= 4 is 49.3 Å². The lowest BCUT2D eigenvalue weighted by Gasteiger charge is -2.22.